The minimum absolute atomic E-state index is 0.0277. The molecule has 6 nitrogen and oxygen atoms in total. The predicted molar refractivity (Wildman–Crippen MR) is 103 cm³/mol. The predicted octanol–water partition coefficient (Wildman–Crippen LogP) is 1.68. The summed E-state index contributed by atoms with van der Waals surface area (Å²) in [5.41, 5.74) is 2.16. The van der Waals surface area contributed by atoms with Crippen molar-refractivity contribution in [3.8, 4) is 0 Å². The van der Waals surface area contributed by atoms with Crippen molar-refractivity contribution in [2.24, 2.45) is 11.8 Å². The van der Waals surface area contributed by atoms with Crippen LogP contribution in [0.2, 0.25) is 0 Å². The molecular formula is C21H24N4O2. The average Bonchev–Trinajstić information content (AvgIpc) is 3.54. The Hall–Kier alpha value is -2.89. The first-order valence-electron chi connectivity index (χ1n) is 9.48. The van der Waals surface area contributed by atoms with E-state index in [-0.39, 0.29) is 23.7 Å². The van der Waals surface area contributed by atoms with Gasteiger partial charge in [-0.2, -0.15) is 0 Å². The molecule has 2 heterocycles. The third-order valence-electron chi connectivity index (χ3n) is 5.35. The summed E-state index contributed by atoms with van der Waals surface area (Å²) in [6, 6.07) is 14.0. The largest absolute Gasteiger partial charge is 0.368 e. The Bertz CT molecular complexity index is 788. The number of hydrogen-bond donors (Lipinski definition) is 1. The summed E-state index contributed by atoms with van der Waals surface area (Å²) in [5, 5.41) is 2.92. The zero-order valence-electron chi connectivity index (χ0n) is 15.3. The fourth-order valence-electron chi connectivity index (χ4n) is 3.64. The van der Waals surface area contributed by atoms with Crippen molar-refractivity contribution >= 4 is 17.5 Å². The lowest BCUT2D eigenvalue weighted by Gasteiger charge is -2.36. The summed E-state index contributed by atoms with van der Waals surface area (Å²) in [6.07, 6.45) is 4.11. The van der Waals surface area contributed by atoms with Crippen LogP contribution in [0.5, 0.6) is 0 Å². The number of nitrogens with zero attached hydrogens (tertiary/aromatic N) is 3. The number of piperazine rings is 1. The first kappa shape index (κ1) is 17.5. The lowest BCUT2D eigenvalue weighted by Crippen LogP contribution is -2.49. The number of amides is 2. The number of benzene rings is 1. The van der Waals surface area contributed by atoms with E-state index < -0.39 is 0 Å². The Morgan fingerprint density at radius 3 is 2.48 bits per heavy atom. The fraction of sp³-hybridized carbons (Fsp3) is 0.381. The van der Waals surface area contributed by atoms with Crippen LogP contribution in [-0.4, -0.2) is 47.9 Å². The molecule has 2 aliphatic rings. The quantitative estimate of drug-likeness (QED) is 0.877. The second-order valence-electron chi connectivity index (χ2n) is 7.18. The average molecular weight is 364 g/mol. The van der Waals surface area contributed by atoms with Gasteiger partial charge in [-0.05, 0) is 30.2 Å². The van der Waals surface area contributed by atoms with Crippen molar-refractivity contribution in [2.75, 3.05) is 31.1 Å². The molecule has 1 saturated heterocycles. The van der Waals surface area contributed by atoms with Crippen LogP contribution in [0.3, 0.4) is 0 Å². The van der Waals surface area contributed by atoms with Crippen molar-refractivity contribution in [2.45, 2.75) is 13.0 Å². The van der Waals surface area contributed by atoms with Crippen LogP contribution < -0.4 is 10.2 Å². The Labute approximate surface area is 159 Å². The van der Waals surface area contributed by atoms with Gasteiger partial charge in [0.2, 0.25) is 11.8 Å². The smallest absolute Gasteiger partial charge is 0.226 e. The highest BCUT2D eigenvalue weighted by Crippen LogP contribution is 2.40. The van der Waals surface area contributed by atoms with E-state index >= 15 is 0 Å². The second kappa shape index (κ2) is 7.78. The molecule has 2 fully saturated rings. The summed E-state index contributed by atoms with van der Waals surface area (Å²) >= 11 is 0. The third-order valence-corrected chi connectivity index (χ3v) is 5.35. The number of pyridine rings is 1. The van der Waals surface area contributed by atoms with Crippen molar-refractivity contribution < 1.29 is 9.59 Å². The summed E-state index contributed by atoms with van der Waals surface area (Å²) in [6.45, 7) is 3.56. The van der Waals surface area contributed by atoms with Gasteiger partial charge in [-0.1, -0.05) is 24.3 Å². The molecule has 2 unspecified atom stereocenters. The van der Waals surface area contributed by atoms with Gasteiger partial charge in [-0.3, -0.25) is 14.6 Å². The van der Waals surface area contributed by atoms with Gasteiger partial charge in [-0.15, -0.1) is 0 Å². The highest BCUT2D eigenvalue weighted by Gasteiger charge is 2.49. The molecule has 4 rings (SSSR count). The zero-order chi connectivity index (χ0) is 18.6. The van der Waals surface area contributed by atoms with Gasteiger partial charge in [0.15, 0.2) is 0 Å². The van der Waals surface area contributed by atoms with Crippen molar-refractivity contribution in [1.29, 1.82) is 0 Å². The molecule has 0 spiro atoms. The third kappa shape index (κ3) is 4.10. The van der Waals surface area contributed by atoms with Crippen LogP contribution in [0.15, 0.2) is 54.9 Å². The Kier molecular flexibility index (Phi) is 5.05. The molecule has 1 aromatic heterocycles. The molecule has 6 heteroatoms. The minimum atomic E-state index is -0.179. The van der Waals surface area contributed by atoms with Crippen molar-refractivity contribution in [1.82, 2.24) is 15.2 Å². The monoisotopic (exact) mass is 364 g/mol. The molecule has 1 aliphatic carbocycles. The molecule has 1 aromatic carbocycles. The molecule has 27 heavy (non-hydrogen) atoms. The number of carbonyl (C=O) groups excluding carboxylic acids is 2. The van der Waals surface area contributed by atoms with Gasteiger partial charge < -0.3 is 15.1 Å². The lowest BCUT2D eigenvalue weighted by atomic mass is 10.2. The van der Waals surface area contributed by atoms with E-state index in [1.807, 2.05) is 35.2 Å². The standard InChI is InChI=1S/C21H24N4O2/c26-20(23-15-16-5-4-8-22-14-16)18-13-19(18)21(27)25-11-9-24(10-12-25)17-6-2-1-3-7-17/h1-8,14,18-19H,9-13,15H2,(H,23,26). The Balaban J connectivity index is 1.24. The maximum Gasteiger partial charge on any atom is 0.226 e. The maximum absolute atomic E-state index is 12.7. The van der Waals surface area contributed by atoms with E-state index in [2.05, 4.69) is 27.3 Å². The minimum Gasteiger partial charge on any atom is -0.368 e. The Morgan fingerprint density at radius 1 is 1.00 bits per heavy atom. The topological polar surface area (TPSA) is 65.5 Å². The van der Waals surface area contributed by atoms with Crippen molar-refractivity contribution in [3.63, 3.8) is 0 Å². The number of carbonyl (C=O) groups is 2. The number of hydrogen-bond acceptors (Lipinski definition) is 4. The molecule has 2 aromatic rings. The number of nitrogens with one attached hydrogen (secondary N) is 1. The molecule has 2 amide bonds. The van der Waals surface area contributed by atoms with Crippen LogP contribution in [0.1, 0.15) is 12.0 Å². The molecule has 140 valence electrons. The molecule has 1 aliphatic heterocycles. The molecule has 0 radical (unpaired) electrons. The summed E-state index contributed by atoms with van der Waals surface area (Å²) in [4.78, 5) is 33.3. The Morgan fingerprint density at radius 2 is 1.78 bits per heavy atom. The van der Waals surface area contributed by atoms with Gasteiger partial charge in [0.25, 0.3) is 0 Å². The summed E-state index contributed by atoms with van der Waals surface area (Å²) in [7, 11) is 0. The van der Waals surface area contributed by atoms with Gasteiger partial charge in [-0.25, -0.2) is 0 Å². The van der Waals surface area contributed by atoms with E-state index in [4.69, 9.17) is 0 Å². The maximum atomic E-state index is 12.7. The zero-order valence-corrected chi connectivity index (χ0v) is 15.3. The van der Waals surface area contributed by atoms with Crippen LogP contribution in [0, 0.1) is 11.8 Å². The lowest BCUT2D eigenvalue weighted by molar-refractivity contribution is -0.135. The SMILES string of the molecule is O=C(NCc1cccnc1)C1CC1C(=O)N1CCN(c2ccccc2)CC1. The van der Waals surface area contributed by atoms with E-state index in [1.54, 1.807) is 12.4 Å². The normalized spacial score (nSPS) is 21.6. The number of rotatable bonds is 5. The second-order valence-corrected chi connectivity index (χ2v) is 7.18. The van der Waals surface area contributed by atoms with E-state index in [1.165, 1.54) is 5.69 Å². The highest BCUT2D eigenvalue weighted by atomic mass is 16.2. The van der Waals surface area contributed by atoms with Crippen LogP contribution in [0.4, 0.5) is 5.69 Å². The van der Waals surface area contributed by atoms with E-state index in [0.29, 0.717) is 26.1 Å². The summed E-state index contributed by atoms with van der Waals surface area (Å²) in [5.74, 6) is -0.229. The van der Waals surface area contributed by atoms with Gasteiger partial charge in [0, 0.05) is 50.8 Å². The number of para-hydroxylation sites is 1. The van der Waals surface area contributed by atoms with Gasteiger partial charge in [0.1, 0.15) is 0 Å². The number of aromatic nitrogens is 1. The van der Waals surface area contributed by atoms with Crippen molar-refractivity contribution in [3.05, 3.63) is 60.4 Å². The number of anilines is 1. The molecule has 0 bridgehead atoms. The van der Waals surface area contributed by atoms with Crippen LogP contribution in [0.25, 0.3) is 0 Å². The first-order chi connectivity index (χ1) is 13.2. The van der Waals surface area contributed by atoms with Gasteiger partial charge >= 0.3 is 0 Å². The fourth-order valence-corrected chi connectivity index (χ4v) is 3.64. The first-order valence-corrected chi connectivity index (χ1v) is 9.48. The highest BCUT2D eigenvalue weighted by molar-refractivity contribution is 5.92. The van der Waals surface area contributed by atoms with E-state index in [9.17, 15) is 9.59 Å². The van der Waals surface area contributed by atoms with Crippen LogP contribution >= 0.6 is 0 Å². The summed E-state index contributed by atoms with van der Waals surface area (Å²) < 4.78 is 0. The van der Waals surface area contributed by atoms with Gasteiger partial charge in [0.05, 0.1) is 11.8 Å². The molecule has 1 N–H and O–H groups in total. The molecule has 1 saturated carbocycles. The van der Waals surface area contributed by atoms with Crippen LogP contribution in [-0.2, 0) is 16.1 Å². The van der Waals surface area contributed by atoms with E-state index in [0.717, 1.165) is 18.7 Å². The molecular weight excluding hydrogens is 340 g/mol. The molecule has 2 atom stereocenters.